The van der Waals surface area contributed by atoms with Crippen molar-refractivity contribution in [1.82, 2.24) is 19.8 Å². The maximum Gasteiger partial charge on any atom is 0.305 e. The molecule has 1 aromatic carbocycles. The maximum absolute atomic E-state index is 11.8. The van der Waals surface area contributed by atoms with Crippen molar-refractivity contribution in [3.63, 3.8) is 0 Å². The van der Waals surface area contributed by atoms with Crippen LogP contribution in [0.25, 0.3) is 5.69 Å². The first-order chi connectivity index (χ1) is 18.5. The predicted molar refractivity (Wildman–Crippen MR) is 152 cm³/mol. The van der Waals surface area contributed by atoms with E-state index in [2.05, 4.69) is 68.8 Å². The predicted octanol–water partition coefficient (Wildman–Crippen LogP) is 4.25. The Hall–Kier alpha value is -3.43. The molecular weight excluding hydrogens is 498 g/mol. The van der Waals surface area contributed by atoms with Crippen LogP contribution in [0.4, 0.5) is 5.69 Å². The molecular formula is C29H35N5O3S. The van der Waals surface area contributed by atoms with Gasteiger partial charge in [-0.3, -0.25) is 9.78 Å². The molecule has 2 fully saturated rings. The molecule has 9 heteroatoms. The van der Waals surface area contributed by atoms with Gasteiger partial charge in [-0.05, 0) is 80.5 Å². The average Bonchev–Trinajstić information content (AvgIpc) is 3.43. The fourth-order valence-corrected chi connectivity index (χ4v) is 5.93. The van der Waals surface area contributed by atoms with E-state index in [-0.39, 0.29) is 18.1 Å². The minimum atomic E-state index is -0.209. The molecule has 2 aliphatic heterocycles. The minimum absolute atomic E-state index is 0.0531. The van der Waals surface area contributed by atoms with E-state index in [1.807, 2.05) is 24.4 Å². The molecule has 200 valence electrons. The summed E-state index contributed by atoms with van der Waals surface area (Å²) in [5.41, 5.74) is 6.80. The number of rotatable bonds is 8. The molecule has 0 amide bonds. The molecule has 0 radical (unpaired) electrons. The zero-order valence-electron chi connectivity index (χ0n) is 22.2. The smallest absolute Gasteiger partial charge is 0.305 e. The minimum Gasteiger partial charge on any atom is -0.469 e. The monoisotopic (exact) mass is 533 g/mol. The summed E-state index contributed by atoms with van der Waals surface area (Å²) in [5.74, 6) is -0.209. The van der Waals surface area contributed by atoms with Crippen molar-refractivity contribution in [2.24, 2.45) is 0 Å². The number of ether oxygens (including phenoxy) is 2. The van der Waals surface area contributed by atoms with Gasteiger partial charge in [0.2, 0.25) is 0 Å². The van der Waals surface area contributed by atoms with Gasteiger partial charge in [0.25, 0.3) is 0 Å². The fourth-order valence-electron chi connectivity index (χ4n) is 5.60. The van der Waals surface area contributed by atoms with Crippen molar-refractivity contribution in [2.75, 3.05) is 44.9 Å². The van der Waals surface area contributed by atoms with Gasteiger partial charge in [-0.2, -0.15) is 0 Å². The molecule has 5 rings (SSSR count). The highest BCUT2D eigenvalue weighted by molar-refractivity contribution is 7.80. The summed E-state index contributed by atoms with van der Waals surface area (Å²) in [6.07, 6.45) is 2.82. The van der Waals surface area contributed by atoms with E-state index in [0.29, 0.717) is 24.5 Å². The van der Waals surface area contributed by atoms with E-state index in [1.54, 1.807) is 0 Å². The van der Waals surface area contributed by atoms with E-state index in [1.165, 1.54) is 18.4 Å². The van der Waals surface area contributed by atoms with Crippen molar-refractivity contribution in [3.05, 3.63) is 77.4 Å². The topological polar surface area (TPSA) is 71.9 Å². The molecule has 3 aromatic rings. The summed E-state index contributed by atoms with van der Waals surface area (Å²) in [6.45, 7) is 8.33. The number of carbonyl (C=O) groups is 1. The molecule has 2 aliphatic rings. The quantitative estimate of drug-likeness (QED) is 0.340. The third-order valence-corrected chi connectivity index (χ3v) is 7.83. The molecule has 0 saturated carbocycles. The number of carbonyl (C=O) groups excluding carboxylic acids is 1. The summed E-state index contributed by atoms with van der Waals surface area (Å²) < 4.78 is 12.7. The summed E-state index contributed by atoms with van der Waals surface area (Å²) in [7, 11) is 1.42. The molecule has 4 heterocycles. The van der Waals surface area contributed by atoms with Crippen molar-refractivity contribution in [1.29, 1.82) is 0 Å². The van der Waals surface area contributed by atoms with Gasteiger partial charge in [-0.1, -0.05) is 6.07 Å². The number of anilines is 1. The van der Waals surface area contributed by atoms with Crippen LogP contribution < -0.4 is 10.2 Å². The Balaban J connectivity index is 1.47. The first-order valence-electron chi connectivity index (χ1n) is 13.1. The molecule has 2 atom stereocenters. The third-order valence-electron chi connectivity index (χ3n) is 7.48. The Morgan fingerprint density at radius 2 is 1.87 bits per heavy atom. The lowest BCUT2D eigenvalue weighted by Gasteiger charge is -2.29. The van der Waals surface area contributed by atoms with Gasteiger partial charge in [-0.15, -0.1) is 0 Å². The normalized spacial score (nSPS) is 19.5. The van der Waals surface area contributed by atoms with Crippen LogP contribution >= 0.6 is 12.2 Å². The largest absolute Gasteiger partial charge is 0.469 e. The molecule has 2 saturated heterocycles. The second-order valence-corrected chi connectivity index (χ2v) is 10.2. The molecule has 0 unspecified atom stereocenters. The van der Waals surface area contributed by atoms with E-state index >= 15 is 0 Å². The van der Waals surface area contributed by atoms with Gasteiger partial charge in [0.1, 0.15) is 0 Å². The second-order valence-electron chi connectivity index (χ2n) is 9.78. The van der Waals surface area contributed by atoms with Gasteiger partial charge in [0.15, 0.2) is 5.11 Å². The van der Waals surface area contributed by atoms with Crippen LogP contribution in [0.5, 0.6) is 0 Å². The number of thiocarbonyl (C=S) groups is 1. The summed E-state index contributed by atoms with van der Waals surface area (Å²) in [4.78, 5) is 21.0. The Morgan fingerprint density at radius 1 is 1.13 bits per heavy atom. The number of pyridine rings is 1. The molecule has 38 heavy (non-hydrogen) atoms. The standard InChI is InChI=1S/C29H35N5O3S/c1-20-19-24(21(2)34(20)23-11-9-22(10-12-23)32-15-17-37-18-16-32)28-27(25-7-4-5-13-30-25)31-29(38)33(28)14-6-8-26(35)36-3/h4-5,7,9-13,19,27-28H,6,8,14-18H2,1-3H3,(H,31,38)/t27-,28+/m0/s1. The highest BCUT2D eigenvalue weighted by atomic mass is 32.1. The van der Waals surface area contributed by atoms with Crippen LogP contribution in [-0.4, -0.2) is 65.5 Å². The molecule has 0 bridgehead atoms. The number of aromatic nitrogens is 2. The first-order valence-corrected chi connectivity index (χ1v) is 13.6. The number of aryl methyl sites for hydroxylation is 1. The second kappa shape index (κ2) is 11.5. The van der Waals surface area contributed by atoms with Gasteiger partial charge in [0.05, 0.1) is 38.1 Å². The van der Waals surface area contributed by atoms with Crippen molar-refractivity contribution in [2.45, 2.75) is 38.8 Å². The van der Waals surface area contributed by atoms with Crippen molar-refractivity contribution < 1.29 is 14.3 Å². The number of hydrogen-bond donors (Lipinski definition) is 1. The lowest BCUT2D eigenvalue weighted by atomic mass is 9.96. The van der Waals surface area contributed by atoms with Crippen LogP contribution in [0, 0.1) is 13.8 Å². The fraction of sp³-hybridized carbons (Fsp3) is 0.414. The lowest BCUT2D eigenvalue weighted by Crippen LogP contribution is -2.36. The van der Waals surface area contributed by atoms with E-state index in [4.69, 9.17) is 21.7 Å². The maximum atomic E-state index is 11.8. The number of nitrogens with one attached hydrogen (secondary N) is 1. The SMILES string of the molecule is COC(=O)CCCN1C(=S)N[C@@H](c2ccccn2)[C@H]1c1cc(C)n(-c2ccc(N3CCOCC3)cc2)c1C. The molecule has 1 N–H and O–H groups in total. The highest BCUT2D eigenvalue weighted by Gasteiger charge is 2.41. The van der Waals surface area contributed by atoms with Crippen LogP contribution in [0.2, 0.25) is 0 Å². The summed E-state index contributed by atoms with van der Waals surface area (Å²) >= 11 is 5.81. The molecule has 8 nitrogen and oxygen atoms in total. The first kappa shape index (κ1) is 26.2. The van der Waals surface area contributed by atoms with E-state index in [9.17, 15) is 4.79 Å². The van der Waals surface area contributed by atoms with Gasteiger partial charge in [0, 0.05) is 55.0 Å². The Morgan fingerprint density at radius 3 is 2.55 bits per heavy atom. The van der Waals surface area contributed by atoms with Crippen molar-refractivity contribution >= 4 is 29.0 Å². The number of morpholine rings is 1. The number of hydrogen-bond acceptors (Lipinski definition) is 6. The zero-order valence-corrected chi connectivity index (χ0v) is 23.0. The van der Waals surface area contributed by atoms with Gasteiger partial charge < -0.3 is 29.2 Å². The van der Waals surface area contributed by atoms with E-state index in [0.717, 1.165) is 49.1 Å². The average molecular weight is 534 g/mol. The van der Waals surface area contributed by atoms with Crippen molar-refractivity contribution in [3.8, 4) is 5.69 Å². The molecule has 0 spiro atoms. The number of esters is 1. The van der Waals surface area contributed by atoms with Crippen LogP contribution in [0.15, 0.2) is 54.7 Å². The van der Waals surface area contributed by atoms with E-state index < -0.39 is 0 Å². The lowest BCUT2D eigenvalue weighted by molar-refractivity contribution is -0.140. The van der Waals surface area contributed by atoms with Gasteiger partial charge >= 0.3 is 5.97 Å². The number of benzene rings is 1. The van der Waals surface area contributed by atoms with Crippen LogP contribution in [-0.2, 0) is 14.3 Å². The van der Waals surface area contributed by atoms with Crippen LogP contribution in [0.3, 0.4) is 0 Å². The Kier molecular flexibility index (Phi) is 7.95. The molecule has 2 aromatic heterocycles. The van der Waals surface area contributed by atoms with Gasteiger partial charge in [-0.25, -0.2) is 0 Å². The van der Waals surface area contributed by atoms with Crippen LogP contribution in [0.1, 0.15) is 47.6 Å². The number of methoxy groups -OCH3 is 1. The summed E-state index contributed by atoms with van der Waals surface area (Å²) in [6, 6.07) is 16.8. The Labute approximate surface area is 229 Å². The third kappa shape index (κ3) is 5.26. The highest BCUT2D eigenvalue weighted by Crippen LogP contribution is 2.41. The zero-order chi connectivity index (χ0) is 26.6. The molecule has 0 aliphatic carbocycles. The summed E-state index contributed by atoms with van der Waals surface area (Å²) in [5, 5.41) is 4.19. The Bertz CT molecular complexity index is 1270. The number of nitrogens with zero attached hydrogens (tertiary/aromatic N) is 4.